The van der Waals surface area contributed by atoms with Crippen LogP contribution in [0.4, 0.5) is 34.1 Å². The number of nitrogens with zero attached hydrogens (tertiary/aromatic N) is 4. The van der Waals surface area contributed by atoms with Gasteiger partial charge in [0, 0.05) is 98.1 Å². The van der Waals surface area contributed by atoms with E-state index in [1.165, 1.54) is 152 Å². The van der Waals surface area contributed by atoms with Gasteiger partial charge in [-0.25, -0.2) is 0 Å². The number of hydrogen-bond acceptors (Lipinski definition) is 3. The molecule has 0 atom stereocenters. The Morgan fingerprint density at radius 1 is 0.218 bits per heavy atom. The summed E-state index contributed by atoms with van der Waals surface area (Å²) in [6.45, 7) is 49.6. The number of fused-ring (bicyclic) bond motifs is 26. The van der Waals surface area contributed by atoms with E-state index in [0.717, 1.165) is 78.9 Å². The third-order valence-corrected chi connectivity index (χ3v) is 28.6. The van der Waals surface area contributed by atoms with E-state index in [-0.39, 0.29) is 44.6 Å². The predicted molar refractivity (Wildman–Crippen MR) is 539 cm³/mol. The highest BCUT2D eigenvalue weighted by Gasteiger charge is 2.47. The summed E-state index contributed by atoms with van der Waals surface area (Å²) in [5.41, 5.74) is 39.1. The fourth-order valence-electron chi connectivity index (χ4n) is 20.2. The smallest absolute Gasteiger partial charge is 0.252 e. The summed E-state index contributed by atoms with van der Waals surface area (Å²) < 4.78 is 7.81. The molecule has 13 bridgehead atoms. The van der Waals surface area contributed by atoms with E-state index < -0.39 is 0 Å². The van der Waals surface area contributed by atoms with Crippen molar-refractivity contribution in [1.29, 1.82) is 0 Å². The van der Waals surface area contributed by atoms with Crippen molar-refractivity contribution in [3.8, 4) is 78.1 Å². The van der Waals surface area contributed by atoms with Gasteiger partial charge in [-0.2, -0.15) is 0 Å². The first-order chi connectivity index (χ1) is 58.9. The Labute approximate surface area is 737 Å². The van der Waals surface area contributed by atoms with Crippen molar-refractivity contribution in [3.63, 3.8) is 0 Å². The maximum Gasteiger partial charge on any atom is 0.252 e. The van der Waals surface area contributed by atoms with Crippen LogP contribution in [0.25, 0.3) is 142 Å². The van der Waals surface area contributed by atoms with E-state index in [0.29, 0.717) is 0 Å². The summed E-state index contributed by atoms with van der Waals surface area (Å²) in [7, 11) is 0. The minimum atomic E-state index is -0.388. The molecule has 15 aromatic carbocycles. The van der Waals surface area contributed by atoms with Crippen molar-refractivity contribution >= 4 is 132 Å². The zero-order chi connectivity index (χ0) is 86.3. The summed E-state index contributed by atoms with van der Waals surface area (Å²) in [5.74, 6) is 0. The average molecular weight is 1630 g/mol. The summed E-state index contributed by atoms with van der Waals surface area (Å²) in [4.78, 5) is 5.61. The molecule has 0 saturated carbocycles. The first-order valence-electron chi connectivity index (χ1n) is 44.8. The molecule has 21 rings (SSSR count). The molecule has 612 valence electrons. The van der Waals surface area contributed by atoms with Crippen LogP contribution >= 0.6 is 11.3 Å². The lowest BCUT2D eigenvalue weighted by molar-refractivity contribution is 0.590. The van der Waals surface area contributed by atoms with Gasteiger partial charge < -0.3 is 18.9 Å². The van der Waals surface area contributed by atoms with Gasteiger partial charge in [0.05, 0.1) is 33.4 Å². The van der Waals surface area contributed by atoms with Gasteiger partial charge in [0.15, 0.2) is 0 Å². The highest BCUT2D eigenvalue weighted by molar-refractivity contribution is 7.25. The molecule has 0 saturated heterocycles. The number of thiophene rings is 1. The fourth-order valence-corrected chi connectivity index (χ4v) is 21.3. The fraction of sp³-hybridized carbons (Fsp3) is 0.237. The van der Waals surface area contributed by atoms with Crippen LogP contribution in [0.1, 0.15) is 184 Å². The molecule has 0 aliphatic carbocycles. The minimum Gasteiger partial charge on any atom is -0.310 e. The van der Waals surface area contributed by atoms with E-state index in [1.807, 2.05) is 11.3 Å². The summed E-state index contributed by atoms with van der Waals surface area (Å²) in [6, 6.07) is 116. The Balaban J connectivity index is 0.989. The molecule has 18 aromatic rings. The molecule has 4 nitrogen and oxygen atoms in total. The third-order valence-electron chi connectivity index (χ3n) is 27.5. The average Bonchev–Trinajstić information content (AvgIpc) is 0.710. The number of anilines is 6. The van der Waals surface area contributed by atoms with Gasteiger partial charge in [-0.05, 0) is 259 Å². The lowest BCUT2D eigenvalue weighted by Crippen LogP contribution is -2.61. The Bertz CT molecular complexity index is 6940. The second-order valence-corrected chi connectivity index (χ2v) is 44.2. The van der Waals surface area contributed by atoms with Crippen LogP contribution in [0.15, 0.2) is 291 Å². The monoisotopic (exact) mass is 1630 g/mol. The van der Waals surface area contributed by atoms with Gasteiger partial charge in [-0.15, -0.1) is 11.3 Å². The van der Waals surface area contributed by atoms with E-state index in [4.69, 9.17) is 0 Å². The first kappa shape index (κ1) is 79.0. The molecule has 0 radical (unpaired) electrons. The van der Waals surface area contributed by atoms with Gasteiger partial charge in [0.1, 0.15) is 0 Å². The van der Waals surface area contributed by atoms with E-state index in [2.05, 4.69) is 456 Å². The topological polar surface area (TPSA) is 16.3 Å². The van der Waals surface area contributed by atoms with E-state index in [9.17, 15) is 0 Å². The molecule has 0 spiro atoms. The lowest BCUT2D eigenvalue weighted by Gasteiger charge is -2.47. The van der Waals surface area contributed by atoms with Crippen molar-refractivity contribution in [1.82, 2.24) is 9.13 Å². The summed E-state index contributed by atoms with van der Waals surface area (Å²) in [5, 5.41) is 7.51. The summed E-state index contributed by atoms with van der Waals surface area (Å²) >= 11 is 1.89. The van der Waals surface area contributed by atoms with Crippen LogP contribution in [0, 0.1) is 0 Å². The molecule has 0 amide bonds. The van der Waals surface area contributed by atoms with Crippen molar-refractivity contribution in [2.75, 3.05) is 9.80 Å². The molecule has 124 heavy (non-hydrogen) atoms. The molecule has 3 aromatic heterocycles. The van der Waals surface area contributed by atoms with Crippen LogP contribution in [0.3, 0.4) is 0 Å². The zero-order valence-electron chi connectivity index (χ0n) is 76.0. The normalized spacial score (nSPS) is 13.6. The van der Waals surface area contributed by atoms with Crippen molar-refractivity contribution < 1.29 is 0 Å². The van der Waals surface area contributed by atoms with E-state index >= 15 is 0 Å². The van der Waals surface area contributed by atoms with Crippen molar-refractivity contribution in [2.45, 2.75) is 183 Å². The predicted octanol–water partition coefficient (Wildman–Crippen LogP) is 31.7. The number of benzene rings is 15. The number of rotatable bonds is 4. The lowest BCUT2D eigenvalue weighted by atomic mass is 9.33. The van der Waals surface area contributed by atoms with Crippen LogP contribution < -0.4 is 26.2 Å². The quantitative estimate of drug-likeness (QED) is 0.163. The Morgan fingerprint density at radius 2 is 0.516 bits per heavy atom. The number of hydrogen-bond donors (Lipinski definition) is 0. The minimum absolute atomic E-state index is 0.120. The Hall–Kier alpha value is -12.2. The molecule has 0 unspecified atom stereocenters. The van der Waals surface area contributed by atoms with Crippen LogP contribution in [-0.2, 0) is 37.9 Å². The van der Waals surface area contributed by atoms with Crippen LogP contribution in [0.2, 0.25) is 0 Å². The standard InChI is InChI=1S/C118H111BN4S/c1-112(2,3)78-40-46-87-88-47-41-79(113(4,5)6)63-100(88)120(99(87)62-78)85-44-50-97-103(68-85)122-105-66-84(118(19,20)21)67-106-109(105)119(97)98-51-45-86(121-101-64-80(114(7,8)9)42-48-89(101)90-49-43-81(65-102(90)121)115(10,11)12)69-104(98)123(106)111-92(71-32-26-23-27-33-71)59-83(117(16,17)18)61-94(111)77-37-29-35-73(55-77)75-39-53-108-96(57-75)95-56-74(38-52-107(95)124-108)72-34-28-36-76(54-72)93-60-82(116(13,14)15)58-91(110(93)122)70-30-24-22-25-31-70/h22-69H,1-21H3. The maximum absolute atomic E-state index is 2.80. The first-order valence-corrected chi connectivity index (χ1v) is 45.6. The zero-order valence-corrected chi connectivity index (χ0v) is 76.8. The molecule has 0 fully saturated rings. The molecule has 3 aliphatic heterocycles. The van der Waals surface area contributed by atoms with Crippen LogP contribution in [0.5, 0.6) is 0 Å². The largest absolute Gasteiger partial charge is 0.310 e. The van der Waals surface area contributed by atoms with Gasteiger partial charge >= 0.3 is 0 Å². The molecular formula is C118H111BN4S. The van der Waals surface area contributed by atoms with Gasteiger partial charge in [-0.3, -0.25) is 0 Å². The highest BCUT2D eigenvalue weighted by atomic mass is 32.1. The van der Waals surface area contributed by atoms with Crippen molar-refractivity contribution in [3.05, 3.63) is 330 Å². The van der Waals surface area contributed by atoms with Gasteiger partial charge in [0.25, 0.3) is 6.71 Å². The van der Waals surface area contributed by atoms with Gasteiger partial charge in [-0.1, -0.05) is 315 Å². The van der Waals surface area contributed by atoms with E-state index in [1.54, 1.807) is 0 Å². The second-order valence-electron chi connectivity index (χ2n) is 43.1. The summed E-state index contributed by atoms with van der Waals surface area (Å²) in [6.07, 6.45) is 0. The second kappa shape index (κ2) is 27.6. The highest BCUT2D eigenvalue weighted by Crippen LogP contribution is 2.57. The number of aromatic nitrogens is 2. The van der Waals surface area contributed by atoms with Gasteiger partial charge in [0.2, 0.25) is 0 Å². The molecule has 3 aliphatic rings. The Kier molecular flexibility index (Phi) is 17.6. The third kappa shape index (κ3) is 12.9. The molecular weight excluding hydrogens is 1520 g/mol. The maximum atomic E-state index is 2.80. The SMILES string of the molecule is CC(C)(C)c1cc(-c2ccccc2)c2c(c1)-c1cccc(c1)-c1ccc3sc4ccc(cc4c3c1)-c1cccc(c1)-c1cc(C(C)(C)C)cc(-c3ccccc3)c1N1c3cc(-n4c5cc(C(C)(C)C)ccc5c5ccc(C(C)(C)C)cc54)ccc3B3c4ccc(-n5c6cc(C(C)(C)C)ccc6c6ccc(C(C)(C)C)cc65)cc4N2c2cc(C(C)(C)C)cc1c23. The van der Waals surface area contributed by atoms with Crippen LogP contribution in [-0.4, -0.2) is 15.8 Å². The molecule has 0 N–H and O–H groups in total. The Morgan fingerprint density at radius 3 is 0.847 bits per heavy atom. The van der Waals surface area contributed by atoms with Crippen molar-refractivity contribution in [2.24, 2.45) is 0 Å². The molecule has 6 heterocycles. The molecule has 6 heteroatoms.